The lowest BCUT2D eigenvalue weighted by molar-refractivity contribution is -0.139. The van der Waals surface area contributed by atoms with E-state index in [-0.39, 0.29) is 11.9 Å². The van der Waals surface area contributed by atoms with Crippen molar-refractivity contribution in [3.05, 3.63) is 30.1 Å². The molecule has 1 aromatic rings. The molecule has 0 N–H and O–H groups in total. The van der Waals surface area contributed by atoms with Crippen molar-refractivity contribution in [2.75, 3.05) is 6.61 Å². The van der Waals surface area contributed by atoms with Gasteiger partial charge < -0.3 is 4.74 Å². The maximum Gasteiger partial charge on any atom is 0.313 e. The lowest BCUT2D eigenvalue weighted by Crippen LogP contribution is -2.05. The number of cyclic esters (lactones) is 1. The minimum absolute atomic E-state index is 0.0845. The fourth-order valence-electron chi connectivity index (χ4n) is 1.38. The van der Waals surface area contributed by atoms with Crippen molar-refractivity contribution in [2.45, 2.75) is 12.3 Å². The van der Waals surface area contributed by atoms with Crippen LogP contribution in [-0.4, -0.2) is 17.6 Å². The summed E-state index contributed by atoms with van der Waals surface area (Å²) < 4.78 is 4.85. The van der Waals surface area contributed by atoms with E-state index in [1.165, 1.54) is 0 Å². The van der Waals surface area contributed by atoms with Gasteiger partial charge in [-0.2, -0.15) is 0 Å². The number of aromatic nitrogens is 1. The summed E-state index contributed by atoms with van der Waals surface area (Å²) in [7, 11) is 0. The summed E-state index contributed by atoms with van der Waals surface area (Å²) in [4.78, 5) is 15.1. The van der Waals surface area contributed by atoms with Crippen molar-refractivity contribution >= 4 is 5.97 Å². The number of carbonyl (C=O) groups is 1. The second-order valence-corrected chi connectivity index (χ2v) is 2.80. The number of hydrogen-bond acceptors (Lipinski definition) is 3. The molecule has 1 saturated heterocycles. The van der Waals surface area contributed by atoms with E-state index in [9.17, 15) is 4.79 Å². The summed E-state index contributed by atoms with van der Waals surface area (Å²) >= 11 is 0. The van der Waals surface area contributed by atoms with Crippen LogP contribution < -0.4 is 0 Å². The standard InChI is InChI=1S/C9H9NO2/c11-9-8(3-5-12-9)7-2-1-4-10-6-7/h1-2,4,6,8H,3,5H2. The molecular weight excluding hydrogens is 154 g/mol. The summed E-state index contributed by atoms with van der Waals surface area (Å²) in [5, 5.41) is 0. The number of esters is 1. The molecule has 0 radical (unpaired) electrons. The first-order valence-electron chi connectivity index (χ1n) is 3.94. The van der Waals surface area contributed by atoms with E-state index in [0.29, 0.717) is 6.61 Å². The zero-order valence-electron chi connectivity index (χ0n) is 6.56. The van der Waals surface area contributed by atoms with Gasteiger partial charge in [0, 0.05) is 12.4 Å². The van der Waals surface area contributed by atoms with Crippen LogP contribution in [-0.2, 0) is 9.53 Å². The fraction of sp³-hybridized carbons (Fsp3) is 0.333. The Balaban J connectivity index is 2.25. The predicted octanol–water partition coefficient (Wildman–Crippen LogP) is 1.11. The van der Waals surface area contributed by atoms with E-state index in [0.717, 1.165) is 12.0 Å². The molecule has 0 bridgehead atoms. The Morgan fingerprint density at radius 1 is 1.58 bits per heavy atom. The molecule has 1 aliphatic rings. The molecule has 1 fully saturated rings. The first-order valence-corrected chi connectivity index (χ1v) is 3.94. The van der Waals surface area contributed by atoms with Gasteiger partial charge in [0.25, 0.3) is 0 Å². The molecule has 2 heterocycles. The monoisotopic (exact) mass is 163 g/mol. The van der Waals surface area contributed by atoms with E-state index in [4.69, 9.17) is 4.74 Å². The van der Waals surface area contributed by atoms with Crippen LogP contribution in [0.3, 0.4) is 0 Å². The van der Waals surface area contributed by atoms with Gasteiger partial charge in [-0.25, -0.2) is 0 Å². The number of rotatable bonds is 1. The molecule has 1 aromatic heterocycles. The molecule has 1 unspecified atom stereocenters. The molecule has 2 rings (SSSR count). The van der Waals surface area contributed by atoms with Crippen LogP contribution in [0.25, 0.3) is 0 Å². The Kier molecular flexibility index (Phi) is 1.78. The summed E-state index contributed by atoms with van der Waals surface area (Å²) in [6.45, 7) is 0.540. The second kappa shape index (κ2) is 2.93. The number of ether oxygens (including phenoxy) is 1. The maximum atomic E-state index is 11.1. The predicted molar refractivity (Wildman–Crippen MR) is 42.6 cm³/mol. The van der Waals surface area contributed by atoms with Crippen LogP contribution in [0.1, 0.15) is 17.9 Å². The largest absolute Gasteiger partial charge is 0.465 e. The van der Waals surface area contributed by atoms with Gasteiger partial charge in [-0.15, -0.1) is 0 Å². The molecule has 0 aromatic carbocycles. The third kappa shape index (κ3) is 1.18. The zero-order chi connectivity index (χ0) is 8.39. The van der Waals surface area contributed by atoms with Gasteiger partial charge >= 0.3 is 5.97 Å². The minimum atomic E-state index is -0.122. The van der Waals surface area contributed by atoms with Gasteiger partial charge in [-0.1, -0.05) is 6.07 Å². The minimum Gasteiger partial charge on any atom is -0.465 e. The first kappa shape index (κ1) is 7.28. The van der Waals surface area contributed by atoms with Crippen LogP contribution in [0.2, 0.25) is 0 Å². The maximum absolute atomic E-state index is 11.1. The molecule has 0 aliphatic carbocycles. The van der Waals surface area contributed by atoms with Gasteiger partial charge in [-0.05, 0) is 18.1 Å². The molecular formula is C9H9NO2. The average Bonchev–Trinajstić information content (AvgIpc) is 2.53. The van der Waals surface area contributed by atoms with E-state index >= 15 is 0 Å². The van der Waals surface area contributed by atoms with Crippen molar-refractivity contribution in [1.82, 2.24) is 4.98 Å². The molecule has 0 saturated carbocycles. The van der Waals surface area contributed by atoms with Crippen LogP contribution in [0, 0.1) is 0 Å². The lowest BCUT2D eigenvalue weighted by atomic mass is 10.0. The highest BCUT2D eigenvalue weighted by Crippen LogP contribution is 2.25. The van der Waals surface area contributed by atoms with E-state index < -0.39 is 0 Å². The van der Waals surface area contributed by atoms with Crippen LogP contribution in [0.15, 0.2) is 24.5 Å². The molecule has 3 heteroatoms. The van der Waals surface area contributed by atoms with Crippen molar-refractivity contribution in [1.29, 1.82) is 0 Å². The Morgan fingerprint density at radius 3 is 3.08 bits per heavy atom. The Labute approximate surface area is 70.4 Å². The highest BCUT2D eigenvalue weighted by Gasteiger charge is 2.27. The average molecular weight is 163 g/mol. The number of pyridine rings is 1. The summed E-state index contributed by atoms with van der Waals surface area (Å²) in [6, 6.07) is 3.74. The van der Waals surface area contributed by atoms with Crippen LogP contribution >= 0.6 is 0 Å². The molecule has 1 atom stereocenters. The van der Waals surface area contributed by atoms with Gasteiger partial charge in [0.15, 0.2) is 0 Å². The second-order valence-electron chi connectivity index (χ2n) is 2.80. The van der Waals surface area contributed by atoms with Crippen molar-refractivity contribution in [2.24, 2.45) is 0 Å². The van der Waals surface area contributed by atoms with Gasteiger partial charge in [-0.3, -0.25) is 9.78 Å². The molecule has 62 valence electrons. The van der Waals surface area contributed by atoms with Crippen LogP contribution in [0.4, 0.5) is 0 Å². The molecule has 0 amide bonds. The Morgan fingerprint density at radius 2 is 2.50 bits per heavy atom. The molecule has 1 aliphatic heterocycles. The normalized spacial score (nSPS) is 22.3. The van der Waals surface area contributed by atoms with E-state index in [1.807, 2.05) is 12.1 Å². The zero-order valence-corrected chi connectivity index (χ0v) is 6.56. The molecule has 3 nitrogen and oxygen atoms in total. The van der Waals surface area contributed by atoms with Crippen molar-refractivity contribution in [3.8, 4) is 0 Å². The quantitative estimate of drug-likeness (QED) is 0.582. The molecule has 0 spiro atoms. The summed E-state index contributed by atoms with van der Waals surface area (Å²) in [6.07, 6.45) is 4.20. The van der Waals surface area contributed by atoms with Gasteiger partial charge in [0.05, 0.1) is 12.5 Å². The van der Waals surface area contributed by atoms with Crippen molar-refractivity contribution in [3.63, 3.8) is 0 Å². The third-order valence-corrected chi connectivity index (χ3v) is 2.02. The van der Waals surface area contributed by atoms with E-state index in [1.54, 1.807) is 12.4 Å². The topological polar surface area (TPSA) is 39.2 Å². The SMILES string of the molecule is O=C1OCCC1c1cccnc1. The smallest absolute Gasteiger partial charge is 0.313 e. The summed E-state index contributed by atoms with van der Waals surface area (Å²) in [5.41, 5.74) is 0.958. The van der Waals surface area contributed by atoms with Gasteiger partial charge in [0.2, 0.25) is 0 Å². The van der Waals surface area contributed by atoms with Crippen molar-refractivity contribution < 1.29 is 9.53 Å². The Bertz CT molecular complexity index is 284. The number of hydrogen-bond donors (Lipinski definition) is 0. The molecule has 12 heavy (non-hydrogen) atoms. The summed E-state index contributed by atoms with van der Waals surface area (Å²) in [5.74, 6) is -0.207. The highest BCUT2D eigenvalue weighted by molar-refractivity contribution is 5.79. The van der Waals surface area contributed by atoms with Gasteiger partial charge in [0.1, 0.15) is 0 Å². The highest BCUT2D eigenvalue weighted by atomic mass is 16.5. The third-order valence-electron chi connectivity index (χ3n) is 2.02. The number of carbonyl (C=O) groups excluding carboxylic acids is 1. The fourth-order valence-corrected chi connectivity index (χ4v) is 1.38. The Hall–Kier alpha value is -1.38. The lowest BCUT2D eigenvalue weighted by Gasteiger charge is -2.02. The van der Waals surface area contributed by atoms with Crippen LogP contribution in [0.5, 0.6) is 0 Å². The first-order chi connectivity index (χ1) is 5.88. The van der Waals surface area contributed by atoms with E-state index in [2.05, 4.69) is 4.98 Å². The number of nitrogens with zero attached hydrogens (tertiary/aromatic N) is 1.